The average molecular weight is 356 g/mol. The van der Waals surface area contributed by atoms with Crippen LogP contribution < -0.4 is 5.14 Å². The molecule has 0 radical (unpaired) electrons. The van der Waals surface area contributed by atoms with Crippen molar-refractivity contribution in [3.63, 3.8) is 0 Å². The van der Waals surface area contributed by atoms with Crippen molar-refractivity contribution in [1.29, 1.82) is 0 Å². The lowest BCUT2D eigenvalue weighted by atomic mass is 10.0. The summed E-state index contributed by atoms with van der Waals surface area (Å²) in [5, 5.41) is 11.7. The quantitative estimate of drug-likeness (QED) is 0.611. The zero-order valence-electron chi connectivity index (χ0n) is 12.3. The monoisotopic (exact) mass is 356 g/mol. The lowest BCUT2D eigenvalue weighted by Gasteiger charge is -2.04. The van der Waals surface area contributed by atoms with Gasteiger partial charge in [-0.15, -0.1) is 11.3 Å². The number of nitrogens with zero attached hydrogens (tertiary/aromatic N) is 3. The normalized spacial score (nSPS) is 11.9. The average Bonchev–Trinajstić information content (AvgIpc) is 3.21. The van der Waals surface area contributed by atoms with Crippen molar-refractivity contribution < 1.29 is 8.42 Å². The summed E-state index contributed by atoms with van der Waals surface area (Å²) in [5.74, 6) is 0. The molecular formula is C16H12N4O2S2. The maximum Gasteiger partial charge on any atom is 0.238 e. The third-order valence-electron chi connectivity index (χ3n) is 3.69. The minimum absolute atomic E-state index is 0.0814. The Hall–Kier alpha value is -2.55. The van der Waals surface area contributed by atoms with Crippen LogP contribution in [0.25, 0.3) is 28.0 Å². The molecule has 0 aliphatic rings. The summed E-state index contributed by atoms with van der Waals surface area (Å²) in [6, 6.07) is 12.3. The topological polar surface area (TPSA) is 90.4 Å². The van der Waals surface area contributed by atoms with Gasteiger partial charge in [-0.2, -0.15) is 5.10 Å². The number of pyridine rings is 1. The van der Waals surface area contributed by atoms with E-state index in [2.05, 4.69) is 10.1 Å². The fourth-order valence-electron chi connectivity index (χ4n) is 2.60. The molecule has 4 rings (SSSR count). The minimum atomic E-state index is -3.72. The van der Waals surface area contributed by atoms with Crippen LogP contribution in [0.5, 0.6) is 0 Å². The molecule has 24 heavy (non-hydrogen) atoms. The van der Waals surface area contributed by atoms with Crippen LogP contribution in [0.15, 0.2) is 64.4 Å². The van der Waals surface area contributed by atoms with Gasteiger partial charge in [-0.1, -0.05) is 18.2 Å². The van der Waals surface area contributed by atoms with E-state index in [9.17, 15) is 8.42 Å². The number of aromatic nitrogens is 3. The highest BCUT2D eigenvalue weighted by Gasteiger charge is 2.18. The second-order valence-electron chi connectivity index (χ2n) is 5.20. The summed E-state index contributed by atoms with van der Waals surface area (Å²) in [7, 11) is -3.72. The largest absolute Gasteiger partial charge is 0.243 e. The Kier molecular flexibility index (Phi) is 3.45. The number of rotatable bonds is 3. The van der Waals surface area contributed by atoms with Crippen LogP contribution in [0.2, 0.25) is 0 Å². The molecule has 0 atom stereocenters. The van der Waals surface area contributed by atoms with Gasteiger partial charge in [0.1, 0.15) is 11.4 Å². The summed E-state index contributed by atoms with van der Waals surface area (Å²) in [6.07, 6.45) is 1.87. The first-order chi connectivity index (χ1) is 11.5. The Balaban J connectivity index is 1.97. The number of primary sulfonamides is 1. The van der Waals surface area contributed by atoms with Crippen LogP contribution in [-0.4, -0.2) is 23.0 Å². The van der Waals surface area contributed by atoms with E-state index in [4.69, 9.17) is 5.14 Å². The van der Waals surface area contributed by atoms with Crippen molar-refractivity contribution in [3.8, 4) is 22.5 Å². The van der Waals surface area contributed by atoms with E-state index in [0.29, 0.717) is 0 Å². The maximum atomic E-state index is 11.4. The van der Waals surface area contributed by atoms with Crippen LogP contribution >= 0.6 is 11.3 Å². The molecule has 0 bridgehead atoms. The first-order valence-corrected chi connectivity index (χ1v) is 9.52. The van der Waals surface area contributed by atoms with Gasteiger partial charge in [0, 0.05) is 17.1 Å². The van der Waals surface area contributed by atoms with E-state index < -0.39 is 10.0 Å². The van der Waals surface area contributed by atoms with Gasteiger partial charge in [0.05, 0.1) is 15.9 Å². The number of sulfonamides is 1. The second kappa shape index (κ2) is 5.52. The van der Waals surface area contributed by atoms with Crippen molar-refractivity contribution >= 4 is 26.9 Å². The highest BCUT2D eigenvalue weighted by atomic mass is 32.2. The highest BCUT2D eigenvalue weighted by molar-refractivity contribution is 7.89. The molecule has 0 amide bonds. The van der Waals surface area contributed by atoms with Crippen LogP contribution in [0.1, 0.15) is 0 Å². The predicted octanol–water partition coefficient (Wildman–Crippen LogP) is 2.77. The van der Waals surface area contributed by atoms with Gasteiger partial charge in [0.25, 0.3) is 0 Å². The molecule has 0 saturated heterocycles. The molecule has 4 aromatic rings. The molecule has 0 aliphatic carbocycles. The Morgan fingerprint density at radius 1 is 1.08 bits per heavy atom. The molecule has 0 saturated carbocycles. The van der Waals surface area contributed by atoms with Gasteiger partial charge in [-0.3, -0.25) is 0 Å². The molecule has 8 heteroatoms. The predicted molar refractivity (Wildman–Crippen MR) is 93.1 cm³/mol. The zero-order valence-corrected chi connectivity index (χ0v) is 14.0. The number of nitrogens with two attached hydrogens (primary N) is 1. The van der Waals surface area contributed by atoms with Gasteiger partial charge in [0.15, 0.2) is 0 Å². The summed E-state index contributed by atoms with van der Waals surface area (Å²) < 4.78 is 24.7. The molecule has 3 heterocycles. The Morgan fingerprint density at radius 3 is 2.54 bits per heavy atom. The highest BCUT2D eigenvalue weighted by Crippen LogP contribution is 2.35. The van der Waals surface area contributed by atoms with Crippen molar-refractivity contribution in [3.05, 3.63) is 59.6 Å². The minimum Gasteiger partial charge on any atom is -0.243 e. The molecule has 120 valence electrons. The van der Waals surface area contributed by atoms with Gasteiger partial charge < -0.3 is 0 Å². The van der Waals surface area contributed by atoms with Gasteiger partial charge in [-0.25, -0.2) is 23.1 Å². The molecule has 1 aromatic carbocycles. The molecule has 0 fully saturated rings. The van der Waals surface area contributed by atoms with E-state index in [1.54, 1.807) is 22.2 Å². The van der Waals surface area contributed by atoms with E-state index in [1.165, 1.54) is 23.5 Å². The van der Waals surface area contributed by atoms with Gasteiger partial charge >= 0.3 is 0 Å². The third-order valence-corrected chi connectivity index (χ3v) is 5.20. The van der Waals surface area contributed by atoms with Gasteiger partial charge in [-0.05, 0) is 29.8 Å². The number of thiazole rings is 1. The molecule has 0 aliphatic heterocycles. The molecule has 3 aromatic heterocycles. The van der Waals surface area contributed by atoms with E-state index in [1.807, 2.05) is 29.8 Å². The summed E-state index contributed by atoms with van der Waals surface area (Å²) in [4.78, 5) is 4.43. The number of benzene rings is 1. The molecule has 6 nitrogen and oxygen atoms in total. The van der Waals surface area contributed by atoms with E-state index in [0.717, 1.165) is 28.0 Å². The van der Waals surface area contributed by atoms with Crippen LogP contribution in [0.3, 0.4) is 0 Å². The van der Waals surface area contributed by atoms with Crippen molar-refractivity contribution in [1.82, 2.24) is 14.6 Å². The van der Waals surface area contributed by atoms with E-state index >= 15 is 0 Å². The van der Waals surface area contributed by atoms with Crippen molar-refractivity contribution in [2.24, 2.45) is 5.14 Å². The smallest absolute Gasteiger partial charge is 0.238 e. The fraction of sp³-hybridized carbons (Fsp3) is 0. The molecule has 0 spiro atoms. The van der Waals surface area contributed by atoms with E-state index in [-0.39, 0.29) is 4.90 Å². The van der Waals surface area contributed by atoms with Crippen LogP contribution in [0.4, 0.5) is 0 Å². The molecule has 2 N–H and O–H groups in total. The van der Waals surface area contributed by atoms with Crippen LogP contribution in [0, 0.1) is 0 Å². The molecular weight excluding hydrogens is 344 g/mol. The second-order valence-corrected chi connectivity index (χ2v) is 7.48. The third kappa shape index (κ3) is 2.50. The Bertz CT molecular complexity index is 1110. The van der Waals surface area contributed by atoms with Crippen LogP contribution in [-0.2, 0) is 10.0 Å². The lowest BCUT2D eigenvalue weighted by molar-refractivity contribution is 0.598. The Labute approximate surface area is 142 Å². The van der Waals surface area contributed by atoms with Crippen molar-refractivity contribution in [2.75, 3.05) is 0 Å². The first-order valence-electron chi connectivity index (χ1n) is 7.03. The first kappa shape index (κ1) is 15.0. The molecule has 0 unspecified atom stereocenters. The Morgan fingerprint density at radius 2 is 1.88 bits per heavy atom. The lowest BCUT2D eigenvalue weighted by Crippen LogP contribution is -2.11. The summed E-state index contributed by atoms with van der Waals surface area (Å²) >= 11 is 1.50. The SMILES string of the molecule is NS(=O)(=O)c1ccc(-c2c(-c3cscn3)nn3ccccc23)cc1. The standard InChI is InChI=1S/C16H12N4O2S2/c17-24(21,22)12-6-4-11(5-7-12)15-14-3-1-2-8-20(14)19-16(15)13-9-23-10-18-13/h1-10H,(H2,17,21,22). The summed E-state index contributed by atoms with van der Waals surface area (Å²) in [6.45, 7) is 0. The van der Waals surface area contributed by atoms with Gasteiger partial charge in [0.2, 0.25) is 10.0 Å². The summed E-state index contributed by atoms with van der Waals surface area (Å²) in [5.41, 5.74) is 5.98. The maximum absolute atomic E-state index is 11.4. The fourth-order valence-corrected chi connectivity index (χ4v) is 3.66. The number of fused-ring (bicyclic) bond motifs is 1. The number of hydrogen-bond acceptors (Lipinski definition) is 5. The number of hydrogen-bond donors (Lipinski definition) is 1. The van der Waals surface area contributed by atoms with Crippen molar-refractivity contribution in [2.45, 2.75) is 4.90 Å². The zero-order chi connectivity index (χ0) is 16.7.